The Morgan fingerprint density at radius 2 is 1.78 bits per heavy atom. The number of H-pyrrole nitrogens is 1. The van der Waals surface area contributed by atoms with Gasteiger partial charge in [-0.1, -0.05) is 37.3 Å². The fourth-order valence-corrected chi connectivity index (χ4v) is 11.1. The lowest BCUT2D eigenvalue weighted by Gasteiger charge is -2.63. The van der Waals surface area contributed by atoms with Crippen molar-refractivity contribution < 1.29 is 38.4 Å². The number of ether oxygens (including phenoxy) is 4. The van der Waals surface area contributed by atoms with Gasteiger partial charge >= 0.3 is 17.9 Å². The first-order valence-electron chi connectivity index (χ1n) is 17.0. The van der Waals surface area contributed by atoms with E-state index in [2.05, 4.69) is 28.1 Å². The summed E-state index contributed by atoms with van der Waals surface area (Å²) in [5.74, 6) is -1.34. The molecule has 2 fully saturated rings. The molecule has 8 rings (SSSR count). The van der Waals surface area contributed by atoms with Gasteiger partial charge in [-0.05, 0) is 55.5 Å². The highest BCUT2D eigenvalue weighted by Crippen LogP contribution is 2.68. The van der Waals surface area contributed by atoms with Crippen molar-refractivity contribution in [3.63, 3.8) is 0 Å². The molecule has 0 radical (unpaired) electrons. The summed E-state index contributed by atoms with van der Waals surface area (Å²) in [5, 5.41) is 14.1. The van der Waals surface area contributed by atoms with Crippen molar-refractivity contribution in [2.24, 2.45) is 5.41 Å². The van der Waals surface area contributed by atoms with Crippen LogP contribution in [0.25, 0.3) is 10.9 Å². The number of rotatable bonds is 6. The molecule has 258 valence electrons. The molecule has 1 saturated carbocycles. The number of hydrogen-bond acceptors (Lipinski definition) is 10. The second kappa shape index (κ2) is 10.6. The Labute approximate surface area is 285 Å². The van der Waals surface area contributed by atoms with Gasteiger partial charge in [-0.15, -0.1) is 0 Å². The third kappa shape index (κ3) is 3.62. The van der Waals surface area contributed by atoms with E-state index in [9.17, 15) is 19.5 Å². The lowest BCUT2D eigenvalue weighted by molar-refractivity contribution is -0.228. The van der Waals surface area contributed by atoms with Crippen molar-refractivity contribution in [1.29, 1.82) is 0 Å². The van der Waals surface area contributed by atoms with Crippen LogP contribution in [-0.2, 0) is 45.8 Å². The van der Waals surface area contributed by atoms with E-state index < -0.39 is 51.9 Å². The molecular formula is C38H43N3O8. The second-order valence-corrected chi connectivity index (χ2v) is 14.4. The minimum Gasteiger partial charge on any atom is -0.496 e. The van der Waals surface area contributed by atoms with Crippen LogP contribution >= 0.6 is 0 Å². The van der Waals surface area contributed by atoms with E-state index in [0.717, 1.165) is 33.4 Å². The van der Waals surface area contributed by atoms with Crippen LogP contribution in [0.4, 0.5) is 5.69 Å². The number of likely N-dealkylation sites (N-methyl/N-ethyl adjacent to an activating group) is 1. The Kier molecular flexibility index (Phi) is 6.88. The Morgan fingerprint density at radius 1 is 1.02 bits per heavy atom. The van der Waals surface area contributed by atoms with Crippen molar-refractivity contribution in [3.05, 3.63) is 70.9 Å². The van der Waals surface area contributed by atoms with E-state index in [1.807, 2.05) is 49.2 Å². The van der Waals surface area contributed by atoms with Crippen molar-refractivity contribution in [1.82, 2.24) is 9.88 Å². The molecule has 3 aliphatic heterocycles. The van der Waals surface area contributed by atoms with E-state index in [-0.39, 0.29) is 6.04 Å². The number of esters is 3. The molecule has 2 aliphatic carbocycles. The highest BCUT2D eigenvalue weighted by Gasteiger charge is 2.80. The normalized spacial score (nSPS) is 33.9. The number of aromatic amines is 1. The van der Waals surface area contributed by atoms with Crippen molar-refractivity contribution in [2.45, 2.75) is 74.1 Å². The molecule has 3 aromatic rings. The average Bonchev–Trinajstić information content (AvgIpc) is 3.85. The number of benzene rings is 2. The summed E-state index contributed by atoms with van der Waals surface area (Å²) < 4.78 is 23.2. The number of carbonyl (C=O) groups excluding carboxylic acids is 3. The summed E-state index contributed by atoms with van der Waals surface area (Å²) in [6.45, 7) is 4.69. The van der Waals surface area contributed by atoms with Crippen LogP contribution in [0.3, 0.4) is 0 Å². The van der Waals surface area contributed by atoms with E-state index >= 15 is 0 Å². The molecule has 1 saturated heterocycles. The van der Waals surface area contributed by atoms with Crippen LogP contribution in [0.5, 0.6) is 5.75 Å². The number of methoxy groups -OCH3 is 3. The maximum Gasteiger partial charge on any atom is 0.344 e. The first-order chi connectivity index (χ1) is 23.5. The van der Waals surface area contributed by atoms with Gasteiger partial charge in [-0.2, -0.15) is 0 Å². The average molecular weight is 670 g/mol. The topological polar surface area (TPSA) is 131 Å². The highest BCUT2D eigenvalue weighted by molar-refractivity contribution is 5.96. The van der Waals surface area contributed by atoms with E-state index in [1.54, 1.807) is 7.11 Å². The molecule has 1 spiro atoms. The minimum atomic E-state index is -2.25. The van der Waals surface area contributed by atoms with Gasteiger partial charge in [0.1, 0.15) is 11.2 Å². The summed E-state index contributed by atoms with van der Waals surface area (Å²) in [5.41, 5.74) is -0.0382. The number of aryl methyl sites for hydroxylation is 1. The number of para-hydroxylation sites is 1. The summed E-state index contributed by atoms with van der Waals surface area (Å²) in [7, 11) is 6.11. The van der Waals surface area contributed by atoms with E-state index in [1.165, 1.54) is 21.1 Å². The summed E-state index contributed by atoms with van der Waals surface area (Å²) >= 11 is 0. The van der Waals surface area contributed by atoms with Crippen LogP contribution in [0, 0.1) is 5.41 Å². The van der Waals surface area contributed by atoms with Crippen LogP contribution < -0.4 is 9.64 Å². The summed E-state index contributed by atoms with van der Waals surface area (Å²) in [6.07, 6.45) is 5.12. The van der Waals surface area contributed by atoms with Crippen molar-refractivity contribution in [2.75, 3.05) is 46.4 Å². The van der Waals surface area contributed by atoms with Crippen LogP contribution in [0.1, 0.15) is 55.5 Å². The number of anilines is 1. The molecule has 1 aromatic heterocycles. The standard InChI is InChI=1S/C38H43N3O8/c1-7-35-14-10-17-41-18-16-37(30(35)41)24-19-25(36(33(43)47-5)15-13-23-22-11-8-9-12-26(22)39-29(23)36)28(46-4)20-27(24)40(3)31(37)38(45,34(44)48-6)32(35)49-21(2)42/h8-12,14,19-20,30-32,39,45H,7,13,15-18H2,1-6H3/t30-,31+,32+,35+,36?,37+,38-/m0/s1. The van der Waals surface area contributed by atoms with Gasteiger partial charge in [0.25, 0.3) is 0 Å². The molecule has 1 unspecified atom stereocenters. The smallest absolute Gasteiger partial charge is 0.344 e. The largest absolute Gasteiger partial charge is 0.496 e. The number of fused-ring (bicyclic) bond motifs is 4. The zero-order valence-corrected chi connectivity index (χ0v) is 28.8. The fraction of sp³-hybridized carbons (Fsp3) is 0.500. The molecule has 2 aromatic carbocycles. The zero-order chi connectivity index (χ0) is 34.7. The Balaban J connectivity index is 1.44. The first-order valence-corrected chi connectivity index (χ1v) is 17.0. The van der Waals surface area contributed by atoms with Gasteiger partial charge in [-0.3, -0.25) is 14.5 Å². The third-order valence-electron chi connectivity index (χ3n) is 12.7. The maximum atomic E-state index is 14.3. The minimum absolute atomic E-state index is 0.250. The number of aliphatic hydroxyl groups is 1. The van der Waals surface area contributed by atoms with Gasteiger partial charge in [0, 0.05) is 71.3 Å². The maximum absolute atomic E-state index is 14.3. The Hall–Kier alpha value is -4.35. The van der Waals surface area contributed by atoms with Crippen LogP contribution in [-0.4, -0.2) is 98.2 Å². The molecule has 0 amide bonds. The summed E-state index contributed by atoms with van der Waals surface area (Å²) in [4.78, 5) is 49.1. The second-order valence-electron chi connectivity index (χ2n) is 14.4. The van der Waals surface area contributed by atoms with E-state index in [0.29, 0.717) is 50.1 Å². The number of aromatic nitrogens is 1. The summed E-state index contributed by atoms with van der Waals surface area (Å²) in [6, 6.07) is 10.9. The van der Waals surface area contributed by atoms with Gasteiger partial charge < -0.3 is 33.9 Å². The molecule has 49 heavy (non-hydrogen) atoms. The molecular weight excluding hydrogens is 626 g/mol. The van der Waals surface area contributed by atoms with E-state index in [4.69, 9.17) is 18.9 Å². The number of hydrogen-bond donors (Lipinski definition) is 2. The van der Waals surface area contributed by atoms with Crippen LogP contribution in [0.2, 0.25) is 0 Å². The fourth-order valence-electron chi connectivity index (χ4n) is 11.1. The third-order valence-corrected chi connectivity index (χ3v) is 12.7. The molecule has 2 N–H and O–H groups in total. The van der Waals surface area contributed by atoms with Gasteiger partial charge in [0.05, 0.1) is 27.4 Å². The van der Waals surface area contributed by atoms with Gasteiger partial charge in [-0.25, -0.2) is 4.79 Å². The van der Waals surface area contributed by atoms with Gasteiger partial charge in [0.15, 0.2) is 6.10 Å². The lowest BCUT2D eigenvalue weighted by atomic mass is 9.47. The van der Waals surface area contributed by atoms with Crippen LogP contribution in [0.15, 0.2) is 48.6 Å². The quantitative estimate of drug-likeness (QED) is 0.229. The molecule has 7 atom stereocenters. The number of nitrogens with zero attached hydrogens (tertiary/aromatic N) is 2. The zero-order valence-electron chi connectivity index (χ0n) is 28.8. The Morgan fingerprint density at radius 3 is 2.47 bits per heavy atom. The van der Waals surface area contributed by atoms with Crippen molar-refractivity contribution in [3.8, 4) is 5.75 Å². The molecule has 0 bridgehead atoms. The first kappa shape index (κ1) is 31.9. The SMILES string of the molecule is CC[C@]12C=CCN3CC[C@@]4(c5cc(C6(C(=O)OC)CCc7c6[nH]c6ccccc76)c(OC)cc5N(C)[C@H]4[C@@](O)(C(=O)OC)[C@@H]1OC(C)=O)[C@@H]32. The molecule has 11 nitrogen and oxygen atoms in total. The lowest BCUT2D eigenvalue weighted by Crippen LogP contribution is -2.81. The number of nitrogens with one attached hydrogen (secondary N) is 1. The van der Waals surface area contributed by atoms with Crippen molar-refractivity contribution >= 4 is 34.5 Å². The molecule has 5 aliphatic rings. The Bertz CT molecular complexity index is 1950. The number of carbonyl (C=O) groups is 3. The molecule has 4 heterocycles. The highest BCUT2D eigenvalue weighted by atomic mass is 16.6. The van der Waals surface area contributed by atoms with Gasteiger partial charge in [0.2, 0.25) is 5.60 Å². The monoisotopic (exact) mass is 669 g/mol. The predicted octanol–water partition coefficient (Wildman–Crippen LogP) is 3.53. The predicted molar refractivity (Wildman–Crippen MR) is 181 cm³/mol. The molecule has 11 heteroatoms.